The zero-order chi connectivity index (χ0) is 15.2. The number of nitrogens with two attached hydrogens (primary N) is 1. The van der Waals surface area contributed by atoms with Crippen LogP contribution in [-0.4, -0.2) is 18.8 Å². The van der Waals surface area contributed by atoms with Crippen LogP contribution < -0.4 is 15.8 Å². The highest BCUT2D eigenvalue weighted by atomic mass is 35.5. The first-order chi connectivity index (χ1) is 10.1. The minimum absolute atomic E-state index is 0.142. The van der Waals surface area contributed by atoms with Crippen molar-refractivity contribution in [2.45, 2.75) is 4.90 Å². The third kappa shape index (κ3) is 4.31. The molecule has 4 nitrogen and oxygen atoms in total. The Bertz CT molecular complexity index is 649. The zero-order valence-corrected chi connectivity index (χ0v) is 13.0. The van der Waals surface area contributed by atoms with Crippen molar-refractivity contribution in [1.29, 1.82) is 0 Å². The third-order valence-electron chi connectivity index (χ3n) is 2.73. The van der Waals surface area contributed by atoms with E-state index in [1.165, 1.54) is 11.8 Å². The number of nitrogen functional groups attached to an aromatic ring is 1. The van der Waals surface area contributed by atoms with Crippen LogP contribution in [0.1, 0.15) is 0 Å². The number of carbonyl (C=O) groups is 1. The molecular weight excluding hydrogens is 308 g/mol. The molecule has 0 radical (unpaired) electrons. The SMILES string of the molecule is COc1ccc(NC(=O)CSc2ccccc2Cl)c(N)c1. The van der Waals surface area contributed by atoms with Gasteiger partial charge in [0.15, 0.2) is 0 Å². The van der Waals surface area contributed by atoms with Gasteiger partial charge in [-0.15, -0.1) is 11.8 Å². The van der Waals surface area contributed by atoms with Crippen LogP contribution in [-0.2, 0) is 4.79 Å². The lowest BCUT2D eigenvalue weighted by Crippen LogP contribution is -2.15. The predicted molar refractivity (Wildman–Crippen MR) is 88.2 cm³/mol. The maximum atomic E-state index is 11.9. The number of carbonyl (C=O) groups excluding carboxylic acids is 1. The van der Waals surface area contributed by atoms with E-state index in [4.69, 9.17) is 22.1 Å². The van der Waals surface area contributed by atoms with Crippen molar-refractivity contribution < 1.29 is 9.53 Å². The van der Waals surface area contributed by atoms with Gasteiger partial charge in [0.25, 0.3) is 0 Å². The number of ether oxygens (including phenoxy) is 1. The van der Waals surface area contributed by atoms with Crippen LogP contribution in [0.25, 0.3) is 0 Å². The third-order valence-corrected chi connectivity index (χ3v) is 4.24. The first-order valence-corrected chi connectivity index (χ1v) is 7.57. The van der Waals surface area contributed by atoms with Gasteiger partial charge in [0.2, 0.25) is 5.91 Å². The molecule has 0 spiro atoms. The largest absolute Gasteiger partial charge is 0.497 e. The van der Waals surface area contributed by atoms with Gasteiger partial charge in [-0.1, -0.05) is 23.7 Å². The zero-order valence-electron chi connectivity index (χ0n) is 11.4. The summed E-state index contributed by atoms with van der Waals surface area (Å²) in [7, 11) is 1.56. The van der Waals surface area contributed by atoms with Crippen molar-refractivity contribution in [3.05, 3.63) is 47.5 Å². The van der Waals surface area contributed by atoms with E-state index in [9.17, 15) is 4.79 Å². The van der Waals surface area contributed by atoms with E-state index in [-0.39, 0.29) is 11.7 Å². The molecule has 0 saturated heterocycles. The molecular formula is C15H15ClN2O2S. The van der Waals surface area contributed by atoms with Gasteiger partial charge in [-0.05, 0) is 24.3 Å². The number of benzene rings is 2. The molecule has 0 saturated carbocycles. The van der Waals surface area contributed by atoms with Crippen molar-refractivity contribution >= 4 is 40.6 Å². The minimum Gasteiger partial charge on any atom is -0.497 e. The summed E-state index contributed by atoms with van der Waals surface area (Å²) in [6.07, 6.45) is 0. The standard InChI is InChI=1S/C15H15ClN2O2S/c1-20-10-6-7-13(12(17)8-10)18-15(19)9-21-14-5-3-2-4-11(14)16/h2-8H,9,17H2,1H3,(H,18,19). The van der Waals surface area contributed by atoms with Crippen LogP contribution >= 0.6 is 23.4 Å². The Balaban J connectivity index is 1.95. The van der Waals surface area contributed by atoms with Crippen molar-refractivity contribution in [1.82, 2.24) is 0 Å². The van der Waals surface area contributed by atoms with Gasteiger partial charge in [-0.2, -0.15) is 0 Å². The Morgan fingerprint density at radius 3 is 2.76 bits per heavy atom. The molecule has 3 N–H and O–H groups in total. The van der Waals surface area contributed by atoms with Crippen LogP contribution in [0.2, 0.25) is 5.02 Å². The van der Waals surface area contributed by atoms with E-state index in [1.807, 2.05) is 18.2 Å². The van der Waals surface area contributed by atoms with Gasteiger partial charge < -0.3 is 15.8 Å². The fraction of sp³-hybridized carbons (Fsp3) is 0.133. The quantitative estimate of drug-likeness (QED) is 0.651. The van der Waals surface area contributed by atoms with Crippen LogP contribution in [0.4, 0.5) is 11.4 Å². The number of hydrogen-bond acceptors (Lipinski definition) is 4. The normalized spacial score (nSPS) is 10.2. The lowest BCUT2D eigenvalue weighted by Gasteiger charge is -2.10. The highest BCUT2D eigenvalue weighted by Crippen LogP contribution is 2.27. The molecule has 0 unspecified atom stereocenters. The summed E-state index contributed by atoms with van der Waals surface area (Å²) in [5, 5.41) is 3.41. The van der Waals surface area contributed by atoms with Crippen molar-refractivity contribution in [3.8, 4) is 5.75 Å². The minimum atomic E-state index is -0.142. The summed E-state index contributed by atoms with van der Waals surface area (Å²) >= 11 is 7.42. The van der Waals surface area contributed by atoms with Crippen molar-refractivity contribution in [2.75, 3.05) is 23.9 Å². The summed E-state index contributed by atoms with van der Waals surface area (Å²) in [5.74, 6) is 0.766. The molecule has 6 heteroatoms. The van der Waals surface area contributed by atoms with Gasteiger partial charge in [0, 0.05) is 11.0 Å². The highest BCUT2D eigenvalue weighted by molar-refractivity contribution is 8.00. The van der Waals surface area contributed by atoms with E-state index < -0.39 is 0 Å². The molecule has 0 fully saturated rings. The number of thioether (sulfide) groups is 1. The lowest BCUT2D eigenvalue weighted by atomic mass is 10.2. The maximum Gasteiger partial charge on any atom is 0.234 e. The number of rotatable bonds is 5. The molecule has 0 aliphatic heterocycles. The Hall–Kier alpha value is -1.85. The Morgan fingerprint density at radius 2 is 2.10 bits per heavy atom. The number of methoxy groups -OCH3 is 1. The highest BCUT2D eigenvalue weighted by Gasteiger charge is 2.08. The van der Waals surface area contributed by atoms with Gasteiger partial charge in [-0.3, -0.25) is 4.79 Å². The van der Waals surface area contributed by atoms with Gasteiger partial charge in [0.05, 0.1) is 29.3 Å². The Kier molecular flexibility index (Phi) is 5.36. The molecule has 2 aromatic rings. The monoisotopic (exact) mass is 322 g/mol. The Morgan fingerprint density at radius 1 is 1.33 bits per heavy atom. The van der Waals surface area contributed by atoms with E-state index in [1.54, 1.807) is 31.4 Å². The summed E-state index contributed by atoms with van der Waals surface area (Å²) in [4.78, 5) is 12.8. The molecule has 1 amide bonds. The fourth-order valence-electron chi connectivity index (χ4n) is 1.67. The smallest absolute Gasteiger partial charge is 0.234 e. The van der Waals surface area contributed by atoms with Crippen LogP contribution in [0, 0.1) is 0 Å². The first kappa shape index (κ1) is 15.5. The van der Waals surface area contributed by atoms with Crippen LogP contribution in [0.15, 0.2) is 47.4 Å². The number of hydrogen-bond donors (Lipinski definition) is 2. The number of nitrogens with one attached hydrogen (secondary N) is 1. The average Bonchev–Trinajstić information content (AvgIpc) is 2.48. The summed E-state index contributed by atoms with van der Waals surface area (Å²) in [6.45, 7) is 0. The Labute approximate surface area is 132 Å². The number of anilines is 2. The van der Waals surface area contributed by atoms with Gasteiger partial charge in [-0.25, -0.2) is 0 Å². The molecule has 0 aliphatic rings. The maximum absolute atomic E-state index is 11.9. The second-order valence-electron chi connectivity index (χ2n) is 4.22. The molecule has 0 aliphatic carbocycles. The molecule has 2 aromatic carbocycles. The second kappa shape index (κ2) is 7.24. The van der Waals surface area contributed by atoms with E-state index in [0.717, 1.165) is 4.90 Å². The average molecular weight is 323 g/mol. The molecule has 21 heavy (non-hydrogen) atoms. The molecule has 0 heterocycles. The molecule has 0 bridgehead atoms. The molecule has 0 aromatic heterocycles. The van der Waals surface area contributed by atoms with Gasteiger partial charge >= 0.3 is 0 Å². The van der Waals surface area contributed by atoms with Crippen molar-refractivity contribution in [2.24, 2.45) is 0 Å². The summed E-state index contributed by atoms with van der Waals surface area (Å²) in [6, 6.07) is 12.5. The predicted octanol–water partition coefficient (Wildman–Crippen LogP) is 3.66. The van der Waals surface area contributed by atoms with Crippen LogP contribution in [0.5, 0.6) is 5.75 Å². The van der Waals surface area contributed by atoms with Gasteiger partial charge in [0.1, 0.15) is 5.75 Å². The van der Waals surface area contributed by atoms with E-state index in [2.05, 4.69) is 5.32 Å². The van der Waals surface area contributed by atoms with Crippen molar-refractivity contribution in [3.63, 3.8) is 0 Å². The number of halogens is 1. The second-order valence-corrected chi connectivity index (χ2v) is 5.64. The van der Waals surface area contributed by atoms with E-state index >= 15 is 0 Å². The van der Waals surface area contributed by atoms with E-state index in [0.29, 0.717) is 22.1 Å². The topological polar surface area (TPSA) is 64.3 Å². The summed E-state index contributed by atoms with van der Waals surface area (Å²) < 4.78 is 5.06. The van der Waals surface area contributed by atoms with Crippen LogP contribution in [0.3, 0.4) is 0 Å². The molecule has 110 valence electrons. The lowest BCUT2D eigenvalue weighted by molar-refractivity contribution is -0.113. The summed E-state index contributed by atoms with van der Waals surface area (Å²) in [5.41, 5.74) is 6.89. The molecule has 0 atom stereocenters. The number of amides is 1. The first-order valence-electron chi connectivity index (χ1n) is 6.21. The fourth-order valence-corrected chi connectivity index (χ4v) is 2.71. The molecule has 2 rings (SSSR count).